The Morgan fingerprint density at radius 3 is 2.52 bits per heavy atom. The molecule has 1 N–H and O–H groups in total. The molecule has 7 heteroatoms. The van der Waals surface area contributed by atoms with Crippen LogP contribution in [0.2, 0.25) is 0 Å². The van der Waals surface area contributed by atoms with Crippen LogP contribution in [0.5, 0.6) is 0 Å². The molecule has 5 aromatic rings. The molecule has 2 aromatic carbocycles. The third kappa shape index (κ3) is 3.46. The van der Waals surface area contributed by atoms with Crippen molar-refractivity contribution in [3.8, 4) is 11.3 Å². The number of fused-ring (bicyclic) bond motifs is 3. The van der Waals surface area contributed by atoms with E-state index in [1.807, 2.05) is 55.5 Å². The summed E-state index contributed by atoms with van der Waals surface area (Å²) in [5, 5.41) is 2.93. The van der Waals surface area contributed by atoms with Gasteiger partial charge in [0.2, 0.25) is 11.7 Å². The number of benzene rings is 2. The Labute approximate surface area is 177 Å². The normalized spacial score (nSPS) is 11.1. The Balaban J connectivity index is 1.64. The molecule has 5 rings (SSSR count). The monoisotopic (exact) mass is 409 g/mol. The van der Waals surface area contributed by atoms with Crippen LogP contribution in [0, 0.1) is 6.92 Å². The standard InChI is InChI=1S/C24H19N5O2/c1-16-5-4-6-18(13-16)26-22(30)15-28-20-7-2-3-8-21(20)29-23(31)14-19(27-24(28)29)17-9-11-25-12-10-17/h2-14H,15H2,1H3,(H,26,30). The van der Waals surface area contributed by atoms with Crippen LogP contribution < -0.4 is 10.9 Å². The van der Waals surface area contributed by atoms with E-state index in [1.165, 1.54) is 6.07 Å². The zero-order valence-electron chi connectivity index (χ0n) is 16.8. The van der Waals surface area contributed by atoms with Crippen LogP contribution in [-0.2, 0) is 11.3 Å². The van der Waals surface area contributed by atoms with Crippen molar-refractivity contribution < 1.29 is 4.79 Å². The van der Waals surface area contributed by atoms with Crippen molar-refractivity contribution in [2.75, 3.05) is 5.32 Å². The maximum Gasteiger partial charge on any atom is 0.260 e. The SMILES string of the molecule is Cc1cccc(NC(=O)Cn2c3ccccc3n3c(=O)cc(-c4ccncc4)nc23)c1. The van der Waals surface area contributed by atoms with Crippen molar-refractivity contribution in [3.05, 3.63) is 95.0 Å². The quantitative estimate of drug-likeness (QED) is 0.491. The van der Waals surface area contributed by atoms with Crippen LogP contribution in [0.1, 0.15) is 5.56 Å². The van der Waals surface area contributed by atoms with Crippen LogP contribution in [-0.4, -0.2) is 24.8 Å². The van der Waals surface area contributed by atoms with Crippen molar-refractivity contribution in [2.45, 2.75) is 13.5 Å². The zero-order valence-corrected chi connectivity index (χ0v) is 16.8. The summed E-state index contributed by atoms with van der Waals surface area (Å²) in [7, 11) is 0. The molecule has 1 amide bonds. The second kappa shape index (κ2) is 7.53. The molecular weight excluding hydrogens is 390 g/mol. The molecule has 0 saturated heterocycles. The first-order chi connectivity index (χ1) is 15.1. The predicted molar refractivity (Wildman–Crippen MR) is 120 cm³/mol. The van der Waals surface area contributed by atoms with E-state index >= 15 is 0 Å². The second-order valence-corrected chi connectivity index (χ2v) is 7.34. The lowest BCUT2D eigenvalue weighted by Crippen LogP contribution is -2.20. The number of carbonyl (C=O) groups is 1. The second-order valence-electron chi connectivity index (χ2n) is 7.34. The van der Waals surface area contributed by atoms with Crippen LogP contribution in [0.15, 0.2) is 83.9 Å². The summed E-state index contributed by atoms with van der Waals surface area (Å²) < 4.78 is 3.31. The molecular formula is C24H19N5O2. The van der Waals surface area contributed by atoms with Gasteiger partial charge >= 0.3 is 0 Å². The summed E-state index contributed by atoms with van der Waals surface area (Å²) in [4.78, 5) is 34.6. The largest absolute Gasteiger partial charge is 0.325 e. The van der Waals surface area contributed by atoms with Gasteiger partial charge in [0, 0.05) is 29.7 Å². The van der Waals surface area contributed by atoms with Crippen molar-refractivity contribution in [2.24, 2.45) is 0 Å². The Morgan fingerprint density at radius 1 is 0.968 bits per heavy atom. The number of carbonyl (C=O) groups excluding carboxylic acids is 1. The Hall–Kier alpha value is -4.26. The molecule has 0 atom stereocenters. The number of aryl methyl sites for hydroxylation is 1. The van der Waals surface area contributed by atoms with Gasteiger partial charge in [-0.1, -0.05) is 24.3 Å². The van der Waals surface area contributed by atoms with Gasteiger partial charge in [0.1, 0.15) is 6.54 Å². The number of imidazole rings is 1. The molecule has 0 spiro atoms. The minimum Gasteiger partial charge on any atom is -0.325 e. The van der Waals surface area contributed by atoms with Crippen LogP contribution in [0.4, 0.5) is 5.69 Å². The molecule has 0 aliphatic heterocycles. The zero-order chi connectivity index (χ0) is 21.4. The summed E-state index contributed by atoms with van der Waals surface area (Å²) in [5.74, 6) is 0.220. The van der Waals surface area contributed by atoms with Crippen molar-refractivity contribution in [3.63, 3.8) is 0 Å². The number of nitrogens with one attached hydrogen (secondary N) is 1. The number of aromatic nitrogens is 4. The van der Waals surface area contributed by atoms with Crippen molar-refractivity contribution in [1.29, 1.82) is 0 Å². The molecule has 0 unspecified atom stereocenters. The summed E-state index contributed by atoms with van der Waals surface area (Å²) in [6.07, 6.45) is 3.31. The average Bonchev–Trinajstić information content (AvgIpc) is 3.08. The van der Waals surface area contributed by atoms with Gasteiger partial charge in [0.25, 0.3) is 5.56 Å². The highest BCUT2D eigenvalue weighted by Crippen LogP contribution is 2.22. The molecule has 3 heterocycles. The Bertz CT molecular complexity index is 1480. The minimum atomic E-state index is -0.203. The molecule has 3 aromatic heterocycles. The maximum absolute atomic E-state index is 13.0. The number of nitrogens with zero attached hydrogens (tertiary/aromatic N) is 4. The van der Waals surface area contributed by atoms with Crippen LogP contribution >= 0.6 is 0 Å². The summed E-state index contributed by atoms with van der Waals surface area (Å²) in [5.41, 5.74) is 4.38. The molecule has 0 aliphatic rings. The number of para-hydroxylation sites is 2. The first-order valence-corrected chi connectivity index (χ1v) is 9.88. The maximum atomic E-state index is 13.0. The third-order valence-corrected chi connectivity index (χ3v) is 5.14. The highest BCUT2D eigenvalue weighted by atomic mass is 16.2. The average molecular weight is 409 g/mol. The van der Waals surface area contributed by atoms with Gasteiger partial charge in [-0.15, -0.1) is 0 Å². The Morgan fingerprint density at radius 2 is 1.74 bits per heavy atom. The molecule has 152 valence electrons. The number of anilines is 1. The van der Waals surface area contributed by atoms with Gasteiger partial charge in [0.15, 0.2) is 0 Å². The summed E-state index contributed by atoms with van der Waals surface area (Å²) in [6, 6.07) is 20.2. The van der Waals surface area contributed by atoms with Gasteiger partial charge in [-0.2, -0.15) is 0 Å². The van der Waals surface area contributed by atoms with Gasteiger partial charge in [-0.25, -0.2) is 9.38 Å². The van der Waals surface area contributed by atoms with E-state index in [0.717, 1.165) is 22.3 Å². The first kappa shape index (κ1) is 18.7. The van der Waals surface area contributed by atoms with Gasteiger partial charge in [-0.05, 0) is 48.9 Å². The number of hydrogen-bond donors (Lipinski definition) is 1. The molecule has 0 radical (unpaired) electrons. The summed E-state index contributed by atoms with van der Waals surface area (Å²) >= 11 is 0. The molecule has 0 bridgehead atoms. The smallest absolute Gasteiger partial charge is 0.260 e. The lowest BCUT2D eigenvalue weighted by molar-refractivity contribution is -0.116. The van der Waals surface area contributed by atoms with Gasteiger partial charge in [0.05, 0.1) is 16.7 Å². The van der Waals surface area contributed by atoms with E-state index in [-0.39, 0.29) is 18.0 Å². The van der Waals surface area contributed by atoms with E-state index in [9.17, 15) is 9.59 Å². The van der Waals surface area contributed by atoms with Gasteiger partial charge < -0.3 is 9.88 Å². The molecule has 0 fully saturated rings. The lowest BCUT2D eigenvalue weighted by atomic mass is 10.2. The van der Waals surface area contributed by atoms with E-state index in [0.29, 0.717) is 17.0 Å². The fourth-order valence-electron chi connectivity index (χ4n) is 3.76. The molecule has 31 heavy (non-hydrogen) atoms. The van der Waals surface area contributed by atoms with Crippen molar-refractivity contribution in [1.82, 2.24) is 18.9 Å². The van der Waals surface area contributed by atoms with E-state index in [1.54, 1.807) is 33.5 Å². The summed E-state index contributed by atoms with van der Waals surface area (Å²) in [6.45, 7) is 2.00. The minimum absolute atomic E-state index is 0.0250. The Kier molecular flexibility index (Phi) is 4.55. The van der Waals surface area contributed by atoms with Crippen molar-refractivity contribution >= 4 is 28.4 Å². The molecule has 7 nitrogen and oxygen atoms in total. The third-order valence-electron chi connectivity index (χ3n) is 5.14. The van der Waals surface area contributed by atoms with Gasteiger partial charge in [-0.3, -0.25) is 14.6 Å². The molecule has 0 aliphatic carbocycles. The topological polar surface area (TPSA) is 81.3 Å². The number of hydrogen-bond acceptors (Lipinski definition) is 4. The number of rotatable bonds is 4. The van der Waals surface area contributed by atoms with E-state index < -0.39 is 0 Å². The van der Waals surface area contributed by atoms with E-state index in [2.05, 4.69) is 10.3 Å². The van der Waals surface area contributed by atoms with Crippen LogP contribution in [0.3, 0.4) is 0 Å². The highest BCUT2D eigenvalue weighted by molar-refractivity contribution is 5.92. The number of amides is 1. The fraction of sp³-hybridized carbons (Fsp3) is 0.0833. The molecule has 0 saturated carbocycles. The first-order valence-electron chi connectivity index (χ1n) is 9.88. The predicted octanol–water partition coefficient (Wildman–Crippen LogP) is 3.66. The lowest BCUT2D eigenvalue weighted by Gasteiger charge is -2.09. The van der Waals surface area contributed by atoms with Crippen LogP contribution in [0.25, 0.3) is 28.1 Å². The fourth-order valence-corrected chi connectivity index (χ4v) is 3.76. The number of pyridine rings is 1. The highest BCUT2D eigenvalue weighted by Gasteiger charge is 2.17. The van der Waals surface area contributed by atoms with E-state index in [4.69, 9.17) is 4.98 Å².